The minimum Gasteiger partial charge on any atom is -0.466 e. The Morgan fingerprint density at radius 1 is 1.12 bits per heavy atom. The van der Waals surface area contributed by atoms with Crippen LogP contribution in [0.4, 0.5) is 0 Å². The van der Waals surface area contributed by atoms with E-state index in [1.807, 2.05) is 6.92 Å². The van der Waals surface area contributed by atoms with E-state index >= 15 is 0 Å². The molecule has 1 aliphatic heterocycles. The van der Waals surface area contributed by atoms with Crippen molar-refractivity contribution >= 4 is 11.9 Å². The van der Waals surface area contributed by atoms with Crippen molar-refractivity contribution in [1.82, 2.24) is 10.6 Å². The second-order valence-electron chi connectivity index (χ2n) is 8.67. The standard InChI is InChI=1S/C21H36N2O3/c1-3-26-19(24)13-17(15-9-5-4-6-10-15)23-21(25)18-12-16-11-7-8-14(2)20(16)22-18/h14-18,20,22H,3-13H2,1-2H3,(H,23,25). The van der Waals surface area contributed by atoms with Crippen molar-refractivity contribution in [3.05, 3.63) is 0 Å². The summed E-state index contributed by atoms with van der Waals surface area (Å²) >= 11 is 0. The smallest absolute Gasteiger partial charge is 0.307 e. The van der Waals surface area contributed by atoms with Gasteiger partial charge in [-0.3, -0.25) is 9.59 Å². The maximum absolute atomic E-state index is 13.0. The number of hydrogen-bond acceptors (Lipinski definition) is 4. The molecule has 5 heteroatoms. The van der Waals surface area contributed by atoms with E-state index < -0.39 is 0 Å². The number of carbonyl (C=O) groups is 2. The predicted molar refractivity (Wildman–Crippen MR) is 102 cm³/mol. The van der Waals surface area contributed by atoms with E-state index in [9.17, 15) is 9.59 Å². The van der Waals surface area contributed by atoms with Crippen molar-refractivity contribution in [1.29, 1.82) is 0 Å². The van der Waals surface area contributed by atoms with Crippen LogP contribution >= 0.6 is 0 Å². The Morgan fingerprint density at radius 2 is 1.88 bits per heavy atom. The minimum absolute atomic E-state index is 0.0799. The molecule has 0 aromatic rings. The van der Waals surface area contributed by atoms with E-state index in [1.165, 1.54) is 38.5 Å². The van der Waals surface area contributed by atoms with Gasteiger partial charge in [-0.05, 0) is 56.8 Å². The van der Waals surface area contributed by atoms with Gasteiger partial charge in [0, 0.05) is 12.1 Å². The zero-order valence-electron chi connectivity index (χ0n) is 16.5. The van der Waals surface area contributed by atoms with Gasteiger partial charge < -0.3 is 15.4 Å². The maximum Gasteiger partial charge on any atom is 0.307 e. The summed E-state index contributed by atoms with van der Waals surface area (Å²) in [6.45, 7) is 4.53. The molecule has 5 unspecified atom stereocenters. The van der Waals surface area contributed by atoms with Crippen LogP contribution in [0.5, 0.6) is 0 Å². The molecule has 3 fully saturated rings. The van der Waals surface area contributed by atoms with Crippen LogP contribution in [0, 0.1) is 17.8 Å². The first kappa shape index (κ1) is 19.7. The van der Waals surface area contributed by atoms with E-state index in [-0.39, 0.29) is 24.0 Å². The van der Waals surface area contributed by atoms with Crippen molar-refractivity contribution in [2.75, 3.05) is 6.61 Å². The molecule has 0 aromatic carbocycles. The monoisotopic (exact) mass is 364 g/mol. The number of esters is 1. The van der Waals surface area contributed by atoms with Crippen LogP contribution in [0.3, 0.4) is 0 Å². The van der Waals surface area contributed by atoms with Gasteiger partial charge in [0.15, 0.2) is 0 Å². The summed E-state index contributed by atoms with van der Waals surface area (Å²) in [5.41, 5.74) is 0. The first-order valence-electron chi connectivity index (χ1n) is 10.8. The molecular weight excluding hydrogens is 328 g/mol. The van der Waals surface area contributed by atoms with Gasteiger partial charge in [0.1, 0.15) is 0 Å². The summed E-state index contributed by atoms with van der Waals surface area (Å²) < 4.78 is 5.16. The second-order valence-corrected chi connectivity index (χ2v) is 8.67. The molecule has 0 aromatic heterocycles. The van der Waals surface area contributed by atoms with Crippen LogP contribution in [-0.2, 0) is 14.3 Å². The number of amides is 1. The Hall–Kier alpha value is -1.10. The van der Waals surface area contributed by atoms with E-state index in [2.05, 4.69) is 17.6 Å². The Balaban J connectivity index is 1.60. The zero-order chi connectivity index (χ0) is 18.5. The van der Waals surface area contributed by atoms with Gasteiger partial charge in [-0.2, -0.15) is 0 Å². The number of nitrogens with one attached hydrogen (secondary N) is 2. The third-order valence-electron chi connectivity index (χ3n) is 6.84. The normalized spacial score (nSPS) is 33.3. The minimum atomic E-state index is -0.190. The Kier molecular flexibility index (Phi) is 6.96. The molecule has 2 N–H and O–H groups in total. The van der Waals surface area contributed by atoms with Crippen LogP contribution in [0.15, 0.2) is 0 Å². The number of rotatable bonds is 6. The van der Waals surface area contributed by atoms with Crippen molar-refractivity contribution in [3.8, 4) is 0 Å². The quantitative estimate of drug-likeness (QED) is 0.711. The number of fused-ring (bicyclic) bond motifs is 1. The molecule has 148 valence electrons. The predicted octanol–water partition coefficient (Wildman–Crippen LogP) is 3.17. The number of carbonyl (C=O) groups excluding carboxylic acids is 2. The molecule has 2 aliphatic carbocycles. The summed E-state index contributed by atoms with van der Waals surface area (Å²) in [5, 5.41) is 6.84. The molecule has 1 heterocycles. The molecule has 5 atom stereocenters. The van der Waals surface area contributed by atoms with E-state index in [0.29, 0.717) is 36.8 Å². The first-order valence-corrected chi connectivity index (χ1v) is 10.8. The van der Waals surface area contributed by atoms with Crippen molar-refractivity contribution in [2.24, 2.45) is 17.8 Å². The third kappa shape index (κ3) is 4.79. The fourth-order valence-corrected chi connectivity index (χ4v) is 5.43. The molecule has 0 radical (unpaired) electrons. The number of ether oxygens (including phenoxy) is 1. The lowest BCUT2D eigenvalue weighted by molar-refractivity contribution is -0.144. The Labute approximate surface area is 158 Å². The van der Waals surface area contributed by atoms with E-state index in [4.69, 9.17) is 4.74 Å². The van der Waals surface area contributed by atoms with Crippen molar-refractivity contribution in [2.45, 2.75) is 96.2 Å². The Morgan fingerprint density at radius 3 is 2.58 bits per heavy atom. The molecule has 1 saturated heterocycles. The number of hydrogen-bond donors (Lipinski definition) is 2. The first-order chi connectivity index (χ1) is 12.6. The summed E-state index contributed by atoms with van der Waals surface area (Å²) in [6, 6.07) is 0.306. The highest BCUT2D eigenvalue weighted by Gasteiger charge is 2.42. The van der Waals surface area contributed by atoms with Crippen molar-refractivity contribution < 1.29 is 14.3 Å². The second kappa shape index (κ2) is 9.20. The average Bonchev–Trinajstić information content (AvgIpc) is 3.08. The molecule has 3 aliphatic rings. The topological polar surface area (TPSA) is 67.4 Å². The average molecular weight is 365 g/mol. The summed E-state index contributed by atoms with van der Waals surface area (Å²) in [7, 11) is 0. The highest BCUT2D eigenvalue weighted by Crippen LogP contribution is 2.37. The molecule has 1 amide bonds. The molecule has 2 saturated carbocycles. The SMILES string of the molecule is CCOC(=O)CC(NC(=O)C1CC2CCCC(C)C2N1)C1CCCCC1. The van der Waals surface area contributed by atoms with Crippen molar-refractivity contribution in [3.63, 3.8) is 0 Å². The van der Waals surface area contributed by atoms with Gasteiger partial charge in [-0.15, -0.1) is 0 Å². The molecular formula is C21H36N2O3. The van der Waals surface area contributed by atoms with Crippen LogP contribution < -0.4 is 10.6 Å². The van der Waals surface area contributed by atoms with E-state index in [0.717, 1.165) is 19.3 Å². The highest BCUT2D eigenvalue weighted by atomic mass is 16.5. The summed E-state index contributed by atoms with van der Waals surface area (Å²) in [4.78, 5) is 25.0. The molecule has 5 nitrogen and oxygen atoms in total. The molecule has 0 spiro atoms. The Bertz CT molecular complexity index is 490. The van der Waals surface area contributed by atoms with Gasteiger partial charge in [0.2, 0.25) is 5.91 Å². The van der Waals surface area contributed by atoms with Gasteiger partial charge in [-0.25, -0.2) is 0 Å². The van der Waals surface area contributed by atoms with Crippen LogP contribution in [0.2, 0.25) is 0 Å². The lowest BCUT2D eigenvalue weighted by atomic mass is 9.78. The highest BCUT2D eigenvalue weighted by molar-refractivity contribution is 5.83. The molecule has 26 heavy (non-hydrogen) atoms. The zero-order valence-corrected chi connectivity index (χ0v) is 16.5. The summed E-state index contributed by atoms with van der Waals surface area (Å²) in [6.07, 6.45) is 10.9. The fraction of sp³-hybridized carbons (Fsp3) is 0.905. The summed E-state index contributed by atoms with van der Waals surface area (Å²) in [5.74, 6) is 1.59. The van der Waals surface area contributed by atoms with Gasteiger partial charge in [-0.1, -0.05) is 32.6 Å². The maximum atomic E-state index is 13.0. The fourth-order valence-electron chi connectivity index (χ4n) is 5.43. The van der Waals surface area contributed by atoms with E-state index in [1.54, 1.807) is 0 Å². The largest absolute Gasteiger partial charge is 0.466 e. The molecule has 3 rings (SSSR count). The van der Waals surface area contributed by atoms with Crippen LogP contribution in [0.25, 0.3) is 0 Å². The van der Waals surface area contributed by atoms with Gasteiger partial charge in [0.05, 0.1) is 19.1 Å². The van der Waals surface area contributed by atoms with Crippen LogP contribution in [-0.4, -0.2) is 36.6 Å². The third-order valence-corrected chi connectivity index (χ3v) is 6.84. The lowest BCUT2D eigenvalue weighted by Crippen LogP contribution is -2.50. The lowest BCUT2D eigenvalue weighted by Gasteiger charge is -2.32. The molecule has 0 bridgehead atoms. The van der Waals surface area contributed by atoms with Gasteiger partial charge >= 0.3 is 5.97 Å². The van der Waals surface area contributed by atoms with Crippen LogP contribution in [0.1, 0.15) is 78.1 Å². The van der Waals surface area contributed by atoms with Gasteiger partial charge in [0.25, 0.3) is 0 Å².